The van der Waals surface area contributed by atoms with Crippen molar-refractivity contribution in [1.29, 1.82) is 0 Å². The van der Waals surface area contributed by atoms with Crippen molar-refractivity contribution >= 4 is 5.97 Å². The molecule has 0 aromatic rings. The topological polar surface area (TPSA) is 26.3 Å². The number of rotatable bonds is 26. The van der Waals surface area contributed by atoms with E-state index in [-0.39, 0.29) is 5.97 Å². The van der Waals surface area contributed by atoms with Crippen molar-refractivity contribution in [3.8, 4) is 0 Å². The van der Waals surface area contributed by atoms with E-state index >= 15 is 0 Å². The van der Waals surface area contributed by atoms with Crippen LogP contribution in [-0.4, -0.2) is 12.6 Å². The predicted octanol–water partition coefficient (Wildman–Crippen LogP) is 10.5. The molecular formula is C30H58O2. The quantitative estimate of drug-likeness (QED) is 0.0744. The van der Waals surface area contributed by atoms with Gasteiger partial charge in [-0.3, -0.25) is 4.79 Å². The predicted molar refractivity (Wildman–Crippen MR) is 142 cm³/mol. The van der Waals surface area contributed by atoms with Gasteiger partial charge in [-0.25, -0.2) is 0 Å². The third kappa shape index (κ3) is 27.2. The molecule has 0 aliphatic rings. The number of ether oxygens (including phenoxy) is 1. The number of allylic oxidation sites excluding steroid dienone is 2. The van der Waals surface area contributed by atoms with E-state index < -0.39 is 0 Å². The van der Waals surface area contributed by atoms with E-state index in [9.17, 15) is 4.79 Å². The Kier molecular flexibility index (Phi) is 27.5. The second kappa shape index (κ2) is 28.2. The van der Waals surface area contributed by atoms with Gasteiger partial charge in [0, 0.05) is 6.42 Å². The molecular weight excluding hydrogens is 392 g/mol. The summed E-state index contributed by atoms with van der Waals surface area (Å²) in [6.45, 7) is 5.15. The Labute approximate surface area is 202 Å². The maximum absolute atomic E-state index is 11.8. The first kappa shape index (κ1) is 31.2. The number of carbonyl (C=O) groups is 1. The molecule has 0 aliphatic carbocycles. The SMILES string of the molecule is CCCC/C=C\CCCCCCCCCC(=O)OCCCCCCCCCCCCCC. The fourth-order valence-corrected chi connectivity index (χ4v) is 4.17. The molecule has 190 valence electrons. The highest BCUT2D eigenvalue weighted by atomic mass is 16.5. The fraction of sp³-hybridized carbons (Fsp3) is 0.900. The lowest BCUT2D eigenvalue weighted by molar-refractivity contribution is -0.143. The van der Waals surface area contributed by atoms with Crippen molar-refractivity contribution < 1.29 is 9.53 Å². The highest BCUT2D eigenvalue weighted by Gasteiger charge is 2.02. The van der Waals surface area contributed by atoms with E-state index in [1.54, 1.807) is 0 Å². The summed E-state index contributed by atoms with van der Waals surface area (Å²) in [4.78, 5) is 11.8. The summed E-state index contributed by atoms with van der Waals surface area (Å²) in [6, 6.07) is 0. The molecule has 2 heteroatoms. The molecule has 0 saturated carbocycles. The lowest BCUT2D eigenvalue weighted by atomic mass is 10.1. The van der Waals surface area contributed by atoms with E-state index in [2.05, 4.69) is 26.0 Å². The molecule has 0 atom stereocenters. The highest BCUT2D eigenvalue weighted by molar-refractivity contribution is 5.69. The molecule has 0 spiro atoms. The molecule has 0 saturated heterocycles. The fourth-order valence-electron chi connectivity index (χ4n) is 4.17. The standard InChI is InChI=1S/C30H58O2/c1-3-5-7-9-11-13-15-17-18-20-22-24-26-28-30(31)32-29-27-25-23-21-19-16-14-12-10-8-6-4-2/h9,11H,3-8,10,12-29H2,1-2H3/b11-9-. The lowest BCUT2D eigenvalue weighted by Gasteiger charge is -2.05. The van der Waals surface area contributed by atoms with Gasteiger partial charge in [0.15, 0.2) is 0 Å². The van der Waals surface area contributed by atoms with E-state index in [4.69, 9.17) is 4.74 Å². The molecule has 0 aliphatic heterocycles. The van der Waals surface area contributed by atoms with Gasteiger partial charge in [-0.15, -0.1) is 0 Å². The van der Waals surface area contributed by atoms with E-state index in [1.807, 2.05) is 0 Å². The number of hydrogen-bond acceptors (Lipinski definition) is 2. The first-order chi connectivity index (χ1) is 15.8. The van der Waals surface area contributed by atoms with Gasteiger partial charge in [0.25, 0.3) is 0 Å². The largest absolute Gasteiger partial charge is 0.466 e. The molecule has 0 aromatic carbocycles. The molecule has 32 heavy (non-hydrogen) atoms. The van der Waals surface area contributed by atoms with E-state index in [1.165, 1.54) is 135 Å². The van der Waals surface area contributed by atoms with Crippen LogP contribution in [0.25, 0.3) is 0 Å². The maximum atomic E-state index is 11.8. The zero-order chi connectivity index (χ0) is 23.4. The van der Waals surface area contributed by atoms with E-state index in [0.29, 0.717) is 13.0 Å². The number of hydrogen-bond donors (Lipinski definition) is 0. The van der Waals surface area contributed by atoms with Crippen molar-refractivity contribution in [3.05, 3.63) is 12.2 Å². The van der Waals surface area contributed by atoms with Crippen molar-refractivity contribution in [2.24, 2.45) is 0 Å². The minimum Gasteiger partial charge on any atom is -0.466 e. The normalized spacial score (nSPS) is 11.4. The van der Waals surface area contributed by atoms with Crippen LogP contribution in [0.2, 0.25) is 0 Å². The molecule has 0 bridgehead atoms. The van der Waals surface area contributed by atoms with Gasteiger partial charge in [0.2, 0.25) is 0 Å². The van der Waals surface area contributed by atoms with Gasteiger partial charge in [0.05, 0.1) is 6.61 Å². The summed E-state index contributed by atoms with van der Waals surface area (Å²) >= 11 is 0. The van der Waals surface area contributed by atoms with Gasteiger partial charge in [-0.05, 0) is 32.1 Å². The zero-order valence-corrected chi connectivity index (χ0v) is 22.1. The maximum Gasteiger partial charge on any atom is 0.305 e. The van der Waals surface area contributed by atoms with Crippen LogP contribution >= 0.6 is 0 Å². The number of unbranched alkanes of at least 4 members (excludes halogenated alkanes) is 20. The molecule has 0 heterocycles. The van der Waals surface area contributed by atoms with Gasteiger partial charge in [-0.2, -0.15) is 0 Å². The van der Waals surface area contributed by atoms with E-state index in [0.717, 1.165) is 12.8 Å². The van der Waals surface area contributed by atoms with Crippen LogP contribution in [0.4, 0.5) is 0 Å². The second-order valence-corrected chi connectivity index (χ2v) is 9.74. The van der Waals surface area contributed by atoms with Crippen molar-refractivity contribution in [2.75, 3.05) is 6.61 Å². The molecule has 0 amide bonds. The zero-order valence-electron chi connectivity index (χ0n) is 22.1. The first-order valence-corrected chi connectivity index (χ1v) is 14.6. The average molecular weight is 451 g/mol. The Morgan fingerprint density at radius 1 is 0.500 bits per heavy atom. The van der Waals surface area contributed by atoms with Gasteiger partial charge < -0.3 is 4.74 Å². The summed E-state index contributed by atoms with van der Waals surface area (Å²) in [5.41, 5.74) is 0. The molecule has 0 radical (unpaired) electrons. The molecule has 0 N–H and O–H groups in total. The van der Waals surface area contributed by atoms with Crippen LogP contribution in [0.3, 0.4) is 0 Å². The van der Waals surface area contributed by atoms with Crippen LogP contribution in [0.15, 0.2) is 12.2 Å². The smallest absolute Gasteiger partial charge is 0.305 e. The Balaban J connectivity index is 3.17. The number of carbonyl (C=O) groups excluding carboxylic acids is 1. The van der Waals surface area contributed by atoms with Gasteiger partial charge in [0.1, 0.15) is 0 Å². The molecule has 0 rings (SSSR count). The third-order valence-corrected chi connectivity index (χ3v) is 6.40. The molecule has 0 unspecified atom stereocenters. The summed E-state index contributed by atoms with van der Waals surface area (Å²) < 4.78 is 5.40. The minimum atomic E-state index is 0.0166. The highest BCUT2D eigenvalue weighted by Crippen LogP contribution is 2.13. The van der Waals surface area contributed by atoms with Crippen LogP contribution in [0, 0.1) is 0 Å². The van der Waals surface area contributed by atoms with Gasteiger partial charge in [-0.1, -0.05) is 142 Å². The minimum absolute atomic E-state index is 0.0166. The monoisotopic (exact) mass is 450 g/mol. The van der Waals surface area contributed by atoms with Crippen LogP contribution in [0.1, 0.15) is 168 Å². The third-order valence-electron chi connectivity index (χ3n) is 6.40. The Morgan fingerprint density at radius 2 is 0.906 bits per heavy atom. The Morgan fingerprint density at radius 3 is 1.44 bits per heavy atom. The lowest BCUT2D eigenvalue weighted by Crippen LogP contribution is -2.05. The van der Waals surface area contributed by atoms with Crippen molar-refractivity contribution in [3.63, 3.8) is 0 Å². The van der Waals surface area contributed by atoms with Crippen LogP contribution in [0.5, 0.6) is 0 Å². The average Bonchev–Trinajstić information content (AvgIpc) is 2.80. The van der Waals surface area contributed by atoms with Crippen molar-refractivity contribution in [1.82, 2.24) is 0 Å². The van der Waals surface area contributed by atoms with Crippen LogP contribution in [-0.2, 0) is 9.53 Å². The summed E-state index contributed by atoms with van der Waals surface area (Å²) in [5, 5.41) is 0. The Bertz CT molecular complexity index is 388. The summed E-state index contributed by atoms with van der Waals surface area (Å²) in [5.74, 6) is 0.0166. The Hall–Kier alpha value is -0.790. The summed E-state index contributed by atoms with van der Waals surface area (Å²) in [6.07, 6.45) is 35.3. The van der Waals surface area contributed by atoms with Crippen LogP contribution < -0.4 is 0 Å². The molecule has 2 nitrogen and oxygen atoms in total. The molecule has 0 fully saturated rings. The number of esters is 1. The summed E-state index contributed by atoms with van der Waals surface area (Å²) in [7, 11) is 0. The molecule has 0 aromatic heterocycles. The second-order valence-electron chi connectivity index (χ2n) is 9.74. The van der Waals surface area contributed by atoms with Crippen molar-refractivity contribution in [2.45, 2.75) is 168 Å². The van der Waals surface area contributed by atoms with Gasteiger partial charge >= 0.3 is 5.97 Å². The first-order valence-electron chi connectivity index (χ1n) is 14.6.